The van der Waals surface area contributed by atoms with Crippen LogP contribution in [0, 0.1) is 12.7 Å². The predicted molar refractivity (Wildman–Crippen MR) is 78.0 cm³/mol. The van der Waals surface area contributed by atoms with Crippen LogP contribution in [-0.4, -0.2) is 11.8 Å². The minimum Gasteiger partial charge on any atom is -0.454 e. The molecule has 0 atom stereocenters. The number of rotatable bonds is 1. The van der Waals surface area contributed by atoms with E-state index >= 15 is 0 Å². The summed E-state index contributed by atoms with van der Waals surface area (Å²) in [6, 6.07) is 12.4. The second-order valence-electron chi connectivity index (χ2n) is 4.99. The molecule has 0 fully saturated rings. The normalized spacial score (nSPS) is 12.9. The predicted octanol–water partition coefficient (Wildman–Crippen LogP) is 4.08. The van der Waals surface area contributed by atoms with Gasteiger partial charge in [0.15, 0.2) is 11.5 Å². The number of pyridine rings is 1. The first kappa shape index (κ1) is 12.1. The summed E-state index contributed by atoms with van der Waals surface area (Å²) in [6.07, 6.45) is 0. The fraction of sp³-hybridized carbons (Fsp3) is 0.118. The summed E-state index contributed by atoms with van der Waals surface area (Å²) in [6.45, 7) is 2.08. The fourth-order valence-corrected chi connectivity index (χ4v) is 2.69. The van der Waals surface area contributed by atoms with E-state index in [0.717, 1.165) is 16.5 Å². The first-order valence-corrected chi connectivity index (χ1v) is 6.69. The van der Waals surface area contributed by atoms with E-state index in [-0.39, 0.29) is 12.6 Å². The van der Waals surface area contributed by atoms with Crippen molar-refractivity contribution in [1.29, 1.82) is 0 Å². The van der Waals surface area contributed by atoms with Crippen molar-refractivity contribution in [1.82, 2.24) is 4.98 Å². The molecule has 2 aromatic carbocycles. The standard InChI is InChI=1S/C17H12FNO2/c1-10-8-11-6-7-14-17(21-9-20-14)15(11)16(19-10)12-4-2-3-5-13(12)18/h2-8H,9H2,1H3. The monoisotopic (exact) mass is 281 g/mol. The summed E-state index contributed by atoms with van der Waals surface area (Å²) in [5.74, 6) is 1.01. The smallest absolute Gasteiger partial charge is 0.231 e. The van der Waals surface area contributed by atoms with Crippen LogP contribution in [0.15, 0.2) is 42.5 Å². The molecule has 4 heteroatoms. The number of fused-ring (bicyclic) bond motifs is 3. The number of aryl methyl sites for hydroxylation is 1. The molecule has 0 amide bonds. The Morgan fingerprint density at radius 2 is 1.95 bits per heavy atom. The van der Waals surface area contributed by atoms with Crippen LogP contribution in [0.3, 0.4) is 0 Å². The van der Waals surface area contributed by atoms with Crippen LogP contribution < -0.4 is 9.47 Å². The maximum Gasteiger partial charge on any atom is 0.231 e. The van der Waals surface area contributed by atoms with E-state index in [0.29, 0.717) is 22.8 Å². The molecule has 0 saturated heterocycles. The minimum atomic E-state index is -0.298. The first-order valence-electron chi connectivity index (χ1n) is 6.69. The number of hydrogen-bond donors (Lipinski definition) is 0. The highest BCUT2D eigenvalue weighted by molar-refractivity contribution is 6.01. The average Bonchev–Trinajstić information content (AvgIpc) is 2.95. The van der Waals surface area contributed by atoms with Crippen molar-refractivity contribution < 1.29 is 13.9 Å². The van der Waals surface area contributed by atoms with Gasteiger partial charge in [-0.2, -0.15) is 0 Å². The maximum atomic E-state index is 14.2. The van der Waals surface area contributed by atoms with Crippen LogP contribution in [0.4, 0.5) is 4.39 Å². The zero-order valence-electron chi connectivity index (χ0n) is 11.4. The molecule has 4 rings (SSSR count). The van der Waals surface area contributed by atoms with Crippen molar-refractivity contribution in [3.05, 3.63) is 54.0 Å². The van der Waals surface area contributed by atoms with E-state index in [4.69, 9.17) is 9.47 Å². The van der Waals surface area contributed by atoms with Crippen molar-refractivity contribution in [2.45, 2.75) is 6.92 Å². The summed E-state index contributed by atoms with van der Waals surface area (Å²) in [7, 11) is 0. The Labute approximate surface area is 121 Å². The van der Waals surface area contributed by atoms with E-state index in [9.17, 15) is 4.39 Å². The minimum absolute atomic E-state index is 0.180. The lowest BCUT2D eigenvalue weighted by atomic mass is 10.0. The summed E-state index contributed by atoms with van der Waals surface area (Å²) in [5.41, 5.74) is 1.89. The van der Waals surface area contributed by atoms with Crippen molar-refractivity contribution in [3.63, 3.8) is 0 Å². The molecule has 104 valence electrons. The van der Waals surface area contributed by atoms with Crippen LogP contribution in [0.5, 0.6) is 11.5 Å². The second kappa shape index (κ2) is 4.45. The molecule has 21 heavy (non-hydrogen) atoms. The number of aromatic nitrogens is 1. The molecule has 0 aliphatic carbocycles. The summed E-state index contributed by atoms with van der Waals surface area (Å²) < 4.78 is 25.2. The van der Waals surface area contributed by atoms with Crippen molar-refractivity contribution in [2.24, 2.45) is 0 Å². The van der Waals surface area contributed by atoms with Crippen LogP contribution >= 0.6 is 0 Å². The molecule has 1 aliphatic rings. The van der Waals surface area contributed by atoms with Gasteiger partial charge in [0, 0.05) is 11.3 Å². The topological polar surface area (TPSA) is 31.4 Å². The summed E-state index contributed by atoms with van der Waals surface area (Å²) >= 11 is 0. The van der Waals surface area contributed by atoms with Gasteiger partial charge in [-0.3, -0.25) is 4.98 Å². The number of halogens is 1. The molecule has 0 unspecified atom stereocenters. The Balaban J connectivity index is 2.13. The maximum absolute atomic E-state index is 14.2. The van der Waals surface area contributed by atoms with Gasteiger partial charge in [-0.1, -0.05) is 18.2 Å². The largest absolute Gasteiger partial charge is 0.454 e. The Bertz CT molecular complexity index is 861. The van der Waals surface area contributed by atoms with Gasteiger partial charge in [0.05, 0.1) is 11.1 Å². The van der Waals surface area contributed by atoms with Gasteiger partial charge in [0.1, 0.15) is 5.82 Å². The van der Waals surface area contributed by atoms with Gasteiger partial charge in [0.2, 0.25) is 6.79 Å². The molecule has 1 aliphatic heterocycles. The number of benzene rings is 2. The molecule has 2 heterocycles. The van der Waals surface area contributed by atoms with E-state index in [1.54, 1.807) is 18.2 Å². The van der Waals surface area contributed by atoms with Crippen molar-refractivity contribution >= 4 is 10.8 Å². The van der Waals surface area contributed by atoms with Gasteiger partial charge < -0.3 is 9.47 Å². The number of ether oxygens (including phenoxy) is 2. The molecule has 3 nitrogen and oxygen atoms in total. The van der Waals surface area contributed by atoms with Crippen LogP contribution in [-0.2, 0) is 0 Å². The van der Waals surface area contributed by atoms with Gasteiger partial charge in [-0.25, -0.2) is 4.39 Å². The third kappa shape index (κ3) is 1.83. The van der Waals surface area contributed by atoms with E-state index in [1.807, 2.05) is 25.1 Å². The molecule has 3 aromatic rings. The third-order valence-corrected chi connectivity index (χ3v) is 3.59. The summed E-state index contributed by atoms with van der Waals surface area (Å²) in [4.78, 5) is 4.53. The molecular weight excluding hydrogens is 269 g/mol. The van der Waals surface area contributed by atoms with E-state index in [1.165, 1.54) is 6.07 Å². The lowest BCUT2D eigenvalue weighted by Gasteiger charge is -2.11. The molecule has 0 saturated carbocycles. The highest BCUT2D eigenvalue weighted by Crippen LogP contribution is 2.43. The Morgan fingerprint density at radius 3 is 2.81 bits per heavy atom. The molecule has 0 bridgehead atoms. The average molecular weight is 281 g/mol. The first-order chi connectivity index (χ1) is 10.2. The quantitative estimate of drug-likeness (QED) is 0.673. The highest BCUT2D eigenvalue weighted by Gasteiger charge is 2.21. The summed E-state index contributed by atoms with van der Waals surface area (Å²) in [5, 5.41) is 1.76. The Morgan fingerprint density at radius 1 is 1.10 bits per heavy atom. The zero-order valence-corrected chi connectivity index (χ0v) is 11.4. The SMILES string of the molecule is Cc1cc2ccc3c(c2c(-c2ccccc2F)n1)OCO3. The lowest BCUT2D eigenvalue weighted by molar-refractivity contribution is 0.175. The van der Waals surface area contributed by atoms with Crippen LogP contribution in [0.2, 0.25) is 0 Å². The van der Waals surface area contributed by atoms with Gasteiger partial charge in [0.25, 0.3) is 0 Å². The van der Waals surface area contributed by atoms with Gasteiger partial charge >= 0.3 is 0 Å². The van der Waals surface area contributed by atoms with Crippen LogP contribution in [0.25, 0.3) is 22.0 Å². The van der Waals surface area contributed by atoms with E-state index < -0.39 is 0 Å². The van der Waals surface area contributed by atoms with E-state index in [2.05, 4.69) is 4.98 Å². The number of hydrogen-bond acceptors (Lipinski definition) is 3. The van der Waals surface area contributed by atoms with Crippen LogP contribution in [0.1, 0.15) is 5.69 Å². The van der Waals surface area contributed by atoms with Gasteiger partial charge in [-0.15, -0.1) is 0 Å². The van der Waals surface area contributed by atoms with Crippen molar-refractivity contribution in [3.8, 4) is 22.8 Å². The second-order valence-corrected chi connectivity index (χ2v) is 4.99. The fourth-order valence-electron chi connectivity index (χ4n) is 2.69. The third-order valence-electron chi connectivity index (χ3n) is 3.59. The Kier molecular flexibility index (Phi) is 2.57. The molecule has 0 radical (unpaired) electrons. The molecule has 0 N–H and O–H groups in total. The number of nitrogens with zero attached hydrogens (tertiary/aromatic N) is 1. The molecular formula is C17H12FNO2. The Hall–Kier alpha value is -2.62. The zero-order chi connectivity index (χ0) is 14.4. The van der Waals surface area contributed by atoms with Crippen molar-refractivity contribution in [2.75, 3.05) is 6.79 Å². The molecule has 0 spiro atoms. The highest BCUT2D eigenvalue weighted by atomic mass is 19.1. The lowest BCUT2D eigenvalue weighted by Crippen LogP contribution is -1.95. The molecule has 1 aromatic heterocycles. The van der Waals surface area contributed by atoms with Gasteiger partial charge in [-0.05, 0) is 36.6 Å².